The largest absolute Gasteiger partial charge is 0.495 e. The molecule has 2 unspecified atom stereocenters. The lowest BCUT2D eigenvalue weighted by atomic mass is 9.90. The van der Waals surface area contributed by atoms with Crippen molar-refractivity contribution in [1.29, 1.82) is 0 Å². The van der Waals surface area contributed by atoms with Crippen LogP contribution in [0.25, 0.3) is 5.57 Å². The Hall–Kier alpha value is -2.79. The van der Waals surface area contributed by atoms with Gasteiger partial charge in [0.2, 0.25) is 0 Å². The minimum atomic E-state index is -0.316. The molecule has 0 aliphatic carbocycles. The van der Waals surface area contributed by atoms with E-state index in [1.54, 1.807) is 18.2 Å². The van der Waals surface area contributed by atoms with E-state index in [-0.39, 0.29) is 11.8 Å². The molecular weight excluding hydrogens is 424 g/mol. The third-order valence-corrected chi connectivity index (χ3v) is 6.58. The molecule has 0 aromatic heterocycles. The summed E-state index contributed by atoms with van der Waals surface area (Å²) >= 11 is 6.32. The topological polar surface area (TPSA) is 49.9 Å². The van der Waals surface area contributed by atoms with Crippen LogP contribution < -0.4 is 9.64 Å². The summed E-state index contributed by atoms with van der Waals surface area (Å²) in [5, 5.41) is 0.354. The van der Waals surface area contributed by atoms with E-state index < -0.39 is 0 Å². The summed E-state index contributed by atoms with van der Waals surface area (Å²) in [5.41, 5.74) is 4.31. The highest BCUT2D eigenvalue weighted by molar-refractivity contribution is 6.45. The standard InChI is InChI=1S/C26H29ClN2O3/c1-15-6-8-20(18(4)11-15)23-24(28-13-16(2)10-17(3)14-28)26(31)29(25(23)30)19-7-9-22(32-5)21(27)12-19/h6-9,11-12,16-17H,10,13-14H2,1-5H3. The first kappa shape index (κ1) is 22.4. The third-order valence-electron chi connectivity index (χ3n) is 6.29. The molecule has 6 heteroatoms. The quantitative estimate of drug-likeness (QED) is 0.596. The minimum Gasteiger partial charge on any atom is -0.495 e. The Morgan fingerprint density at radius 3 is 2.25 bits per heavy atom. The van der Waals surface area contributed by atoms with Gasteiger partial charge in [-0.25, -0.2) is 4.90 Å². The monoisotopic (exact) mass is 452 g/mol. The number of rotatable bonds is 4. The zero-order valence-electron chi connectivity index (χ0n) is 19.2. The van der Waals surface area contributed by atoms with E-state index in [0.29, 0.717) is 39.6 Å². The molecule has 0 saturated carbocycles. The fourth-order valence-electron chi connectivity index (χ4n) is 5.02. The van der Waals surface area contributed by atoms with Crippen molar-refractivity contribution in [2.24, 2.45) is 11.8 Å². The molecule has 2 amide bonds. The zero-order chi connectivity index (χ0) is 23.2. The summed E-state index contributed by atoms with van der Waals surface area (Å²) in [6, 6.07) is 11.0. The van der Waals surface area contributed by atoms with E-state index >= 15 is 0 Å². The van der Waals surface area contributed by atoms with Crippen LogP contribution in [0.2, 0.25) is 5.02 Å². The average molecular weight is 453 g/mol. The third kappa shape index (κ3) is 3.90. The summed E-state index contributed by atoms with van der Waals surface area (Å²) in [4.78, 5) is 30.9. The number of halogens is 1. The molecule has 0 N–H and O–H groups in total. The average Bonchev–Trinajstić information content (AvgIpc) is 2.97. The Balaban J connectivity index is 1.86. The second kappa shape index (κ2) is 8.62. The Labute approximate surface area is 194 Å². The van der Waals surface area contributed by atoms with Crippen LogP contribution in [-0.4, -0.2) is 36.9 Å². The van der Waals surface area contributed by atoms with Gasteiger partial charge in [0.05, 0.1) is 23.4 Å². The normalized spacial score (nSPS) is 21.6. The van der Waals surface area contributed by atoms with Crippen molar-refractivity contribution in [2.75, 3.05) is 25.1 Å². The van der Waals surface area contributed by atoms with Gasteiger partial charge >= 0.3 is 0 Å². The molecule has 2 aromatic carbocycles. The van der Waals surface area contributed by atoms with Crippen molar-refractivity contribution < 1.29 is 14.3 Å². The Bertz CT molecular complexity index is 1110. The lowest BCUT2D eigenvalue weighted by Crippen LogP contribution is -2.42. The number of carbonyl (C=O) groups excluding carboxylic acids is 2. The number of hydrogen-bond donors (Lipinski definition) is 0. The van der Waals surface area contributed by atoms with E-state index in [2.05, 4.69) is 18.7 Å². The first-order valence-electron chi connectivity index (χ1n) is 11.0. The number of methoxy groups -OCH3 is 1. The van der Waals surface area contributed by atoms with Crippen molar-refractivity contribution in [3.05, 3.63) is 63.8 Å². The molecule has 5 nitrogen and oxygen atoms in total. The van der Waals surface area contributed by atoms with Gasteiger partial charge in [-0.15, -0.1) is 0 Å². The van der Waals surface area contributed by atoms with Crippen LogP contribution in [0.5, 0.6) is 5.75 Å². The zero-order valence-corrected chi connectivity index (χ0v) is 20.0. The second-order valence-corrected chi connectivity index (χ2v) is 9.56. The van der Waals surface area contributed by atoms with Crippen molar-refractivity contribution in [3.8, 4) is 5.75 Å². The van der Waals surface area contributed by atoms with Crippen LogP contribution in [0.3, 0.4) is 0 Å². The van der Waals surface area contributed by atoms with Gasteiger partial charge in [0, 0.05) is 13.1 Å². The number of likely N-dealkylation sites (tertiary alicyclic amines) is 1. The van der Waals surface area contributed by atoms with Gasteiger partial charge in [0.1, 0.15) is 11.4 Å². The van der Waals surface area contributed by atoms with Crippen LogP contribution in [0.1, 0.15) is 37.0 Å². The van der Waals surface area contributed by atoms with E-state index in [1.807, 2.05) is 32.0 Å². The van der Waals surface area contributed by atoms with Crippen molar-refractivity contribution in [1.82, 2.24) is 4.90 Å². The fourth-order valence-corrected chi connectivity index (χ4v) is 5.27. The molecule has 2 aromatic rings. The van der Waals surface area contributed by atoms with Crippen molar-refractivity contribution in [2.45, 2.75) is 34.1 Å². The minimum absolute atomic E-state index is 0.299. The smallest absolute Gasteiger partial charge is 0.282 e. The number of nitrogens with zero attached hydrogens (tertiary/aromatic N) is 2. The SMILES string of the molecule is COc1ccc(N2C(=O)C(c3ccc(C)cc3C)=C(N3CC(C)CC(C)C3)C2=O)cc1Cl. The summed E-state index contributed by atoms with van der Waals surface area (Å²) in [6.07, 6.45) is 1.11. The van der Waals surface area contributed by atoms with E-state index in [0.717, 1.165) is 36.2 Å². The van der Waals surface area contributed by atoms with Crippen LogP contribution >= 0.6 is 11.6 Å². The maximum Gasteiger partial charge on any atom is 0.282 e. The molecule has 1 saturated heterocycles. The molecule has 2 atom stereocenters. The maximum atomic E-state index is 13.8. The molecule has 32 heavy (non-hydrogen) atoms. The number of imide groups is 1. The van der Waals surface area contributed by atoms with E-state index in [4.69, 9.17) is 16.3 Å². The summed E-state index contributed by atoms with van der Waals surface area (Å²) in [5.74, 6) is 0.769. The van der Waals surface area contributed by atoms with Gasteiger partial charge in [0.15, 0.2) is 0 Å². The van der Waals surface area contributed by atoms with Crippen LogP contribution in [0.15, 0.2) is 42.1 Å². The molecule has 2 aliphatic rings. The Kier molecular flexibility index (Phi) is 6.04. The van der Waals surface area contributed by atoms with Gasteiger partial charge in [-0.3, -0.25) is 9.59 Å². The molecular formula is C26H29ClN2O3. The van der Waals surface area contributed by atoms with Gasteiger partial charge in [0.25, 0.3) is 11.8 Å². The van der Waals surface area contributed by atoms with Gasteiger partial charge in [-0.1, -0.05) is 49.2 Å². The predicted octanol–water partition coefficient (Wildman–Crippen LogP) is 5.23. The number of aryl methyl sites for hydroxylation is 2. The van der Waals surface area contributed by atoms with Crippen molar-refractivity contribution in [3.63, 3.8) is 0 Å². The Morgan fingerprint density at radius 2 is 1.66 bits per heavy atom. The molecule has 2 aliphatic heterocycles. The van der Waals surface area contributed by atoms with Crippen LogP contribution in [0, 0.1) is 25.7 Å². The van der Waals surface area contributed by atoms with E-state index in [9.17, 15) is 9.59 Å². The van der Waals surface area contributed by atoms with Gasteiger partial charge in [-0.2, -0.15) is 0 Å². The number of ether oxygens (including phenoxy) is 1. The molecule has 168 valence electrons. The molecule has 0 radical (unpaired) electrons. The van der Waals surface area contributed by atoms with Crippen LogP contribution in [-0.2, 0) is 9.59 Å². The second-order valence-electron chi connectivity index (χ2n) is 9.16. The molecule has 4 rings (SSSR count). The predicted molar refractivity (Wildman–Crippen MR) is 128 cm³/mol. The molecule has 2 heterocycles. The molecule has 0 bridgehead atoms. The number of amides is 2. The first-order valence-corrected chi connectivity index (χ1v) is 11.4. The lowest BCUT2D eigenvalue weighted by Gasteiger charge is -2.37. The van der Waals surface area contributed by atoms with E-state index in [1.165, 1.54) is 12.0 Å². The molecule has 0 spiro atoms. The highest BCUT2D eigenvalue weighted by Gasteiger charge is 2.44. The summed E-state index contributed by atoms with van der Waals surface area (Å²) in [7, 11) is 1.53. The number of benzene rings is 2. The van der Waals surface area contributed by atoms with Crippen molar-refractivity contribution >= 4 is 34.7 Å². The molecule has 1 fully saturated rings. The highest BCUT2D eigenvalue weighted by Crippen LogP contribution is 2.39. The first-order chi connectivity index (χ1) is 15.2. The lowest BCUT2D eigenvalue weighted by molar-refractivity contribution is -0.120. The van der Waals surface area contributed by atoms with Gasteiger partial charge < -0.3 is 9.64 Å². The highest BCUT2D eigenvalue weighted by atomic mass is 35.5. The fraction of sp³-hybridized carbons (Fsp3) is 0.385. The number of piperidine rings is 1. The van der Waals surface area contributed by atoms with Crippen LogP contribution in [0.4, 0.5) is 5.69 Å². The number of hydrogen-bond acceptors (Lipinski definition) is 4. The number of carbonyl (C=O) groups is 2. The van der Waals surface area contributed by atoms with Gasteiger partial charge in [-0.05, 0) is 61.4 Å². The summed E-state index contributed by atoms with van der Waals surface area (Å²) in [6.45, 7) is 9.91. The summed E-state index contributed by atoms with van der Waals surface area (Å²) < 4.78 is 5.23. The maximum absolute atomic E-state index is 13.8. The Morgan fingerprint density at radius 1 is 0.969 bits per heavy atom. The number of anilines is 1.